The Morgan fingerprint density at radius 1 is 0.932 bits per heavy atom. The van der Waals surface area contributed by atoms with E-state index in [2.05, 4.69) is 40.6 Å². The third kappa shape index (κ3) is 3.79. The number of amides is 4. The van der Waals surface area contributed by atoms with E-state index in [1.54, 1.807) is 6.20 Å². The molecule has 8 rings (SSSR count). The van der Waals surface area contributed by atoms with Crippen LogP contribution in [0.25, 0.3) is 10.9 Å². The van der Waals surface area contributed by atoms with Crippen LogP contribution in [0.4, 0.5) is 10.6 Å². The third-order valence-electron chi connectivity index (χ3n) is 10.6. The number of imide groups is 1. The molecule has 0 radical (unpaired) electrons. The maximum Gasteiger partial charge on any atom is 0.328 e. The van der Waals surface area contributed by atoms with E-state index in [0.29, 0.717) is 31.6 Å². The summed E-state index contributed by atoms with van der Waals surface area (Å²) in [5.41, 5.74) is 6.03. The molecule has 1 N–H and O–H groups in total. The lowest BCUT2D eigenvalue weighted by atomic mass is 9.72. The molecule has 3 atom stereocenters. The van der Waals surface area contributed by atoms with Crippen LogP contribution in [0.5, 0.6) is 0 Å². The molecule has 0 bridgehead atoms. The Hall–Kier alpha value is -4.59. The van der Waals surface area contributed by atoms with Gasteiger partial charge in [-0.15, -0.1) is 0 Å². The maximum absolute atomic E-state index is 14.3. The minimum atomic E-state index is -0.677. The first-order valence-electron chi connectivity index (χ1n) is 15.7. The summed E-state index contributed by atoms with van der Waals surface area (Å²) in [6.45, 7) is 4.32. The van der Waals surface area contributed by atoms with Crippen LogP contribution in [0.3, 0.4) is 0 Å². The van der Waals surface area contributed by atoms with Gasteiger partial charge in [-0.25, -0.2) is 9.78 Å². The van der Waals surface area contributed by atoms with E-state index in [-0.39, 0.29) is 30.3 Å². The van der Waals surface area contributed by atoms with Crippen molar-refractivity contribution in [2.45, 2.75) is 82.3 Å². The molecule has 2 aromatic heterocycles. The van der Waals surface area contributed by atoms with Crippen molar-refractivity contribution in [1.82, 2.24) is 19.8 Å². The summed E-state index contributed by atoms with van der Waals surface area (Å²) in [5, 5.41) is 3.97. The zero-order valence-electron chi connectivity index (χ0n) is 25.1. The van der Waals surface area contributed by atoms with Crippen molar-refractivity contribution >= 4 is 34.6 Å². The fraction of sp³-hybridized carbons (Fsp3) is 0.361. The van der Waals surface area contributed by atoms with Gasteiger partial charge in [-0.05, 0) is 97.5 Å². The van der Waals surface area contributed by atoms with Crippen molar-refractivity contribution < 1.29 is 14.4 Å². The molecule has 4 heterocycles. The fourth-order valence-corrected chi connectivity index (χ4v) is 8.26. The normalized spacial score (nSPS) is 24.5. The van der Waals surface area contributed by atoms with Crippen LogP contribution < -0.4 is 5.32 Å². The van der Waals surface area contributed by atoms with Gasteiger partial charge < -0.3 is 10.2 Å². The summed E-state index contributed by atoms with van der Waals surface area (Å²) in [5.74, 6) is 0.568. The summed E-state index contributed by atoms with van der Waals surface area (Å²) in [7, 11) is 0. The molecule has 4 aliphatic rings. The molecule has 1 saturated heterocycles. The molecule has 4 amide bonds. The molecule has 222 valence electrons. The van der Waals surface area contributed by atoms with Crippen molar-refractivity contribution in [2.75, 3.05) is 5.32 Å². The molecule has 4 aromatic rings. The molecule has 44 heavy (non-hydrogen) atoms. The Kier molecular flexibility index (Phi) is 5.96. The number of carbonyl (C=O) groups excluding carboxylic acids is 3. The number of nitrogens with zero attached hydrogens (tertiary/aromatic N) is 4. The van der Waals surface area contributed by atoms with Gasteiger partial charge in [-0.2, -0.15) is 0 Å². The zero-order valence-corrected chi connectivity index (χ0v) is 25.1. The standard InChI is InChI=1S/C36H35N5O3/c1-3-22(2)41-31(42)19-36(12-6-9-24-8-4-5-10-28(24)36)40(34(41)44)21-23-14-25-15-26-17-35(18-27(26)16-30(25)38-20-23)29-11-7-13-37-32(29)39-33(35)43/h4-5,7-8,10-11,13-16,20,22H,3,6,9,12,17-19,21H2,1-2H3,(H,37,39,43). The van der Waals surface area contributed by atoms with Crippen LogP contribution in [0.2, 0.25) is 0 Å². The second-order valence-electron chi connectivity index (χ2n) is 13.1. The number of pyridine rings is 2. The van der Waals surface area contributed by atoms with Gasteiger partial charge in [0.15, 0.2) is 0 Å². The Balaban J connectivity index is 1.17. The lowest BCUT2D eigenvalue weighted by molar-refractivity contribution is -0.139. The number of aromatic nitrogens is 2. The molecule has 8 nitrogen and oxygen atoms in total. The lowest BCUT2D eigenvalue weighted by Gasteiger charge is -2.53. The Bertz CT molecular complexity index is 1890. The second kappa shape index (κ2) is 9.71. The molecule has 2 spiro atoms. The highest BCUT2D eigenvalue weighted by Crippen LogP contribution is 2.49. The minimum absolute atomic E-state index is 0.00202. The van der Waals surface area contributed by atoms with Crippen molar-refractivity contribution in [3.05, 3.63) is 100 Å². The summed E-state index contributed by atoms with van der Waals surface area (Å²) in [4.78, 5) is 53.8. The quantitative estimate of drug-likeness (QED) is 0.327. The van der Waals surface area contributed by atoms with Crippen molar-refractivity contribution in [3.63, 3.8) is 0 Å². The largest absolute Gasteiger partial charge is 0.328 e. The van der Waals surface area contributed by atoms with Gasteiger partial charge in [-0.3, -0.25) is 19.5 Å². The van der Waals surface area contributed by atoms with E-state index in [1.807, 2.05) is 49.2 Å². The molecule has 2 aliphatic heterocycles. The summed E-state index contributed by atoms with van der Waals surface area (Å²) in [6, 6.07) is 18.2. The average Bonchev–Trinajstić information content (AvgIpc) is 3.54. The molecule has 2 aromatic carbocycles. The topological polar surface area (TPSA) is 95.5 Å². The van der Waals surface area contributed by atoms with Gasteiger partial charge in [0.1, 0.15) is 5.82 Å². The van der Waals surface area contributed by atoms with Gasteiger partial charge in [0.05, 0.1) is 22.9 Å². The SMILES string of the molecule is CCC(C)N1C(=O)CC2(CCCc3ccccc32)N(Cc2cnc3cc4c(cc3c2)CC2(C4)C(=O)Nc3ncccc32)C1=O. The number of benzene rings is 2. The van der Waals surface area contributed by atoms with E-state index in [0.717, 1.165) is 58.0 Å². The molecule has 3 unspecified atom stereocenters. The highest BCUT2D eigenvalue weighted by Gasteiger charge is 2.53. The summed E-state index contributed by atoms with van der Waals surface area (Å²) in [6.07, 6.45) is 8.43. The van der Waals surface area contributed by atoms with Gasteiger partial charge in [0, 0.05) is 35.9 Å². The Morgan fingerprint density at radius 2 is 1.73 bits per heavy atom. The molecule has 2 aliphatic carbocycles. The first kappa shape index (κ1) is 27.0. The molecule has 8 heteroatoms. The van der Waals surface area contributed by atoms with Gasteiger partial charge >= 0.3 is 6.03 Å². The Labute approximate surface area is 256 Å². The first-order chi connectivity index (χ1) is 21.3. The number of anilines is 1. The number of urea groups is 1. The van der Waals surface area contributed by atoms with Crippen LogP contribution in [0.15, 0.2) is 67.0 Å². The smallest absolute Gasteiger partial charge is 0.310 e. The van der Waals surface area contributed by atoms with Crippen LogP contribution in [-0.2, 0) is 46.4 Å². The van der Waals surface area contributed by atoms with Crippen molar-refractivity contribution in [2.24, 2.45) is 0 Å². The predicted octanol–water partition coefficient (Wildman–Crippen LogP) is 5.80. The van der Waals surface area contributed by atoms with Crippen molar-refractivity contribution in [1.29, 1.82) is 0 Å². The molecule has 0 saturated carbocycles. The fourth-order valence-electron chi connectivity index (χ4n) is 8.26. The van der Waals surface area contributed by atoms with Gasteiger partial charge in [0.2, 0.25) is 11.8 Å². The van der Waals surface area contributed by atoms with E-state index >= 15 is 0 Å². The summed E-state index contributed by atoms with van der Waals surface area (Å²) < 4.78 is 0. The van der Waals surface area contributed by atoms with E-state index in [1.165, 1.54) is 10.5 Å². The van der Waals surface area contributed by atoms with Crippen LogP contribution in [0.1, 0.15) is 72.9 Å². The number of hydrogen-bond acceptors (Lipinski definition) is 5. The highest BCUT2D eigenvalue weighted by atomic mass is 16.2. The van der Waals surface area contributed by atoms with Crippen molar-refractivity contribution in [3.8, 4) is 0 Å². The van der Waals surface area contributed by atoms with E-state index in [4.69, 9.17) is 4.98 Å². The van der Waals surface area contributed by atoms with Gasteiger partial charge in [0.25, 0.3) is 0 Å². The first-order valence-corrected chi connectivity index (χ1v) is 15.7. The van der Waals surface area contributed by atoms with Crippen LogP contribution in [-0.4, -0.2) is 43.7 Å². The molecular weight excluding hydrogens is 550 g/mol. The lowest BCUT2D eigenvalue weighted by Crippen LogP contribution is -2.64. The number of aryl methyl sites for hydroxylation is 1. The zero-order chi connectivity index (χ0) is 30.2. The number of nitrogens with one attached hydrogen (secondary N) is 1. The van der Waals surface area contributed by atoms with Crippen LogP contribution in [0, 0.1) is 0 Å². The predicted molar refractivity (Wildman–Crippen MR) is 167 cm³/mol. The molecular formula is C36H35N5O3. The Morgan fingerprint density at radius 3 is 2.57 bits per heavy atom. The molecule has 1 fully saturated rings. The monoisotopic (exact) mass is 585 g/mol. The van der Waals surface area contributed by atoms with Gasteiger partial charge in [-0.1, -0.05) is 37.3 Å². The maximum atomic E-state index is 14.3. The minimum Gasteiger partial charge on any atom is -0.310 e. The third-order valence-corrected chi connectivity index (χ3v) is 10.6. The number of rotatable bonds is 4. The number of carbonyl (C=O) groups is 3. The number of fused-ring (bicyclic) bond motifs is 6. The van der Waals surface area contributed by atoms with E-state index < -0.39 is 11.0 Å². The number of hydrogen-bond donors (Lipinski definition) is 1. The van der Waals surface area contributed by atoms with Crippen LogP contribution >= 0.6 is 0 Å². The summed E-state index contributed by atoms with van der Waals surface area (Å²) >= 11 is 0. The highest BCUT2D eigenvalue weighted by molar-refractivity contribution is 6.06. The second-order valence-corrected chi connectivity index (χ2v) is 13.1. The average molecular weight is 586 g/mol. The van der Waals surface area contributed by atoms with E-state index in [9.17, 15) is 14.4 Å².